The number of fused-ring (bicyclic) bond motifs is 2. The predicted molar refractivity (Wildman–Crippen MR) is 110 cm³/mol. The second kappa shape index (κ2) is 7.44. The highest BCUT2D eigenvalue weighted by molar-refractivity contribution is 7.22. The van der Waals surface area contributed by atoms with Gasteiger partial charge in [-0.2, -0.15) is 0 Å². The Morgan fingerprint density at radius 2 is 1.89 bits per heavy atom. The highest BCUT2D eigenvalue weighted by atomic mass is 35.5. The maximum Gasteiger partial charge on any atom is 0.350 e. The maximum atomic E-state index is 12.3. The van der Waals surface area contributed by atoms with Crippen molar-refractivity contribution in [2.45, 2.75) is 0 Å². The topological polar surface area (TPSA) is 68.3 Å². The molecule has 4 aromatic rings. The van der Waals surface area contributed by atoms with Crippen molar-refractivity contribution in [2.75, 3.05) is 11.9 Å². The standard InChI is InChI=1S/C18H10Cl2N2O3S2/c19-9-5-6-10-13(7-9)26-16(15(10)20)17(24)25-8-14(23)22-18-21-11-3-1-2-4-12(11)27-18/h1-7H,8H2,(H,21,22,23). The van der Waals surface area contributed by atoms with Crippen LogP contribution in [0.25, 0.3) is 20.3 Å². The van der Waals surface area contributed by atoms with Gasteiger partial charge < -0.3 is 4.74 Å². The SMILES string of the molecule is O=C(COC(=O)c1sc2cc(Cl)ccc2c1Cl)Nc1nc2ccccc2s1. The molecule has 2 heterocycles. The molecule has 0 aliphatic heterocycles. The summed E-state index contributed by atoms with van der Waals surface area (Å²) < 4.78 is 6.83. The van der Waals surface area contributed by atoms with Crippen LogP contribution in [0.2, 0.25) is 10.0 Å². The zero-order valence-corrected chi connectivity index (χ0v) is 16.6. The van der Waals surface area contributed by atoms with E-state index in [4.69, 9.17) is 27.9 Å². The van der Waals surface area contributed by atoms with Crippen LogP contribution in [0.1, 0.15) is 9.67 Å². The molecule has 27 heavy (non-hydrogen) atoms. The lowest BCUT2D eigenvalue weighted by Gasteiger charge is -2.03. The van der Waals surface area contributed by atoms with Crippen molar-refractivity contribution in [1.29, 1.82) is 0 Å². The van der Waals surface area contributed by atoms with Crippen molar-refractivity contribution in [2.24, 2.45) is 0 Å². The van der Waals surface area contributed by atoms with Gasteiger partial charge in [0.2, 0.25) is 0 Å². The van der Waals surface area contributed by atoms with Crippen molar-refractivity contribution in [3.63, 3.8) is 0 Å². The van der Waals surface area contributed by atoms with Crippen molar-refractivity contribution in [3.05, 3.63) is 57.4 Å². The smallest absolute Gasteiger partial charge is 0.350 e. The zero-order chi connectivity index (χ0) is 19.0. The second-order valence-corrected chi connectivity index (χ2v) is 8.39. The number of hydrogen-bond donors (Lipinski definition) is 1. The quantitative estimate of drug-likeness (QED) is 0.421. The van der Waals surface area contributed by atoms with Gasteiger partial charge in [0.05, 0.1) is 15.2 Å². The Morgan fingerprint density at radius 3 is 2.70 bits per heavy atom. The molecule has 136 valence electrons. The van der Waals surface area contributed by atoms with Crippen molar-refractivity contribution in [3.8, 4) is 0 Å². The number of aromatic nitrogens is 1. The molecule has 1 N–H and O–H groups in total. The molecular formula is C18H10Cl2N2O3S2. The van der Waals surface area contributed by atoms with Crippen LogP contribution in [-0.4, -0.2) is 23.5 Å². The fraction of sp³-hybridized carbons (Fsp3) is 0.0556. The van der Waals surface area contributed by atoms with Gasteiger partial charge in [0.25, 0.3) is 5.91 Å². The number of halogens is 2. The normalized spacial score (nSPS) is 11.0. The Balaban J connectivity index is 1.42. The summed E-state index contributed by atoms with van der Waals surface area (Å²) in [6.07, 6.45) is 0. The lowest BCUT2D eigenvalue weighted by molar-refractivity contribution is -0.119. The Morgan fingerprint density at radius 1 is 1.07 bits per heavy atom. The number of nitrogens with zero attached hydrogens (tertiary/aromatic N) is 1. The summed E-state index contributed by atoms with van der Waals surface area (Å²) in [6.45, 7) is -0.430. The van der Waals surface area contributed by atoms with Crippen molar-refractivity contribution < 1.29 is 14.3 Å². The van der Waals surface area contributed by atoms with Crippen molar-refractivity contribution >= 4 is 83.2 Å². The van der Waals surface area contributed by atoms with Gasteiger partial charge in [-0.3, -0.25) is 10.1 Å². The van der Waals surface area contributed by atoms with Crippen LogP contribution >= 0.6 is 45.9 Å². The summed E-state index contributed by atoms with van der Waals surface area (Å²) >= 11 is 14.7. The van der Waals surface area contributed by atoms with E-state index in [1.165, 1.54) is 22.7 Å². The molecule has 9 heteroatoms. The molecule has 0 bridgehead atoms. The molecule has 4 rings (SSSR count). The van der Waals surface area contributed by atoms with Gasteiger partial charge in [-0.15, -0.1) is 11.3 Å². The molecule has 2 aromatic heterocycles. The minimum absolute atomic E-state index is 0.238. The number of thiazole rings is 1. The molecule has 5 nitrogen and oxygen atoms in total. The van der Waals surface area contributed by atoms with Crippen LogP contribution in [0.3, 0.4) is 0 Å². The number of esters is 1. The highest BCUT2D eigenvalue weighted by Gasteiger charge is 2.20. The number of thiophene rings is 1. The van der Waals surface area contributed by atoms with Crippen LogP contribution < -0.4 is 5.32 Å². The number of carbonyl (C=O) groups excluding carboxylic acids is 2. The first-order valence-corrected chi connectivity index (χ1v) is 10.1. The summed E-state index contributed by atoms with van der Waals surface area (Å²) in [4.78, 5) is 28.9. The number of nitrogens with one attached hydrogen (secondary N) is 1. The van der Waals surface area contributed by atoms with Gasteiger partial charge in [0.15, 0.2) is 11.7 Å². The summed E-state index contributed by atoms with van der Waals surface area (Å²) in [6, 6.07) is 12.7. The second-order valence-electron chi connectivity index (χ2n) is 5.50. The van der Waals surface area contributed by atoms with Crippen molar-refractivity contribution in [1.82, 2.24) is 4.98 Å². The fourth-order valence-corrected chi connectivity index (χ4v) is 5.01. The Kier molecular flexibility index (Phi) is 5.01. The summed E-state index contributed by atoms with van der Waals surface area (Å²) in [5.41, 5.74) is 0.797. The van der Waals surface area contributed by atoms with E-state index in [1.807, 2.05) is 24.3 Å². The number of ether oxygens (including phenoxy) is 1. The zero-order valence-electron chi connectivity index (χ0n) is 13.5. The Bertz CT molecular complexity index is 1150. The molecule has 2 aromatic carbocycles. The third kappa shape index (κ3) is 3.77. The first-order chi connectivity index (χ1) is 13.0. The van der Waals surface area contributed by atoms with Crippen LogP contribution in [-0.2, 0) is 9.53 Å². The minimum atomic E-state index is -0.656. The molecule has 0 fully saturated rings. The third-order valence-electron chi connectivity index (χ3n) is 3.65. The average Bonchev–Trinajstić information content (AvgIpc) is 3.19. The molecule has 0 unspecified atom stereocenters. The maximum absolute atomic E-state index is 12.3. The van der Waals surface area contributed by atoms with Crippen LogP contribution in [0.5, 0.6) is 0 Å². The van der Waals surface area contributed by atoms with Crippen LogP contribution in [0.15, 0.2) is 42.5 Å². The molecule has 0 spiro atoms. The molecule has 0 saturated heterocycles. The van der Waals surface area contributed by atoms with E-state index in [2.05, 4.69) is 10.3 Å². The average molecular weight is 437 g/mol. The van der Waals surface area contributed by atoms with Gasteiger partial charge in [0, 0.05) is 15.1 Å². The number of rotatable bonds is 4. The summed E-state index contributed by atoms with van der Waals surface area (Å²) in [5, 5.41) is 4.65. The lowest BCUT2D eigenvalue weighted by atomic mass is 10.2. The van der Waals surface area contributed by atoms with E-state index in [0.29, 0.717) is 15.2 Å². The Hall–Kier alpha value is -2.19. The number of benzene rings is 2. The predicted octanol–water partition coefficient (Wildman–Crippen LogP) is 5.61. The monoisotopic (exact) mass is 436 g/mol. The van der Waals surface area contributed by atoms with E-state index in [-0.39, 0.29) is 4.88 Å². The number of amides is 1. The van der Waals surface area contributed by atoms with Crippen LogP contribution in [0, 0.1) is 0 Å². The number of carbonyl (C=O) groups is 2. The van der Waals surface area contributed by atoms with E-state index >= 15 is 0 Å². The lowest BCUT2D eigenvalue weighted by Crippen LogP contribution is -2.20. The van der Waals surface area contributed by atoms with Crippen LogP contribution in [0.4, 0.5) is 5.13 Å². The van der Waals surface area contributed by atoms with Gasteiger partial charge in [-0.25, -0.2) is 9.78 Å². The summed E-state index contributed by atoms with van der Waals surface area (Å²) in [7, 11) is 0. The molecule has 1 amide bonds. The van der Waals surface area contributed by atoms with Gasteiger partial charge in [0.1, 0.15) is 4.88 Å². The molecule has 0 radical (unpaired) electrons. The number of anilines is 1. The Labute approximate surface area is 171 Å². The number of hydrogen-bond acceptors (Lipinski definition) is 6. The molecule has 0 aliphatic carbocycles. The third-order valence-corrected chi connectivity index (χ3v) is 6.48. The van der Waals surface area contributed by atoms with E-state index < -0.39 is 18.5 Å². The largest absolute Gasteiger partial charge is 0.451 e. The minimum Gasteiger partial charge on any atom is -0.451 e. The molecule has 0 aliphatic rings. The summed E-state index contributed by atoms with van der Waals surface area (Å²) in [5.74, 6) is -1.13. The first kappa shape index (κ1) is 18.2. The molecular weight excluding hydrogens is 427 g/mol. The highest BCUT2D eigenvalue weighted by Crippen LogP contribution is 2.37. The van der Waals surface area contributed by atoms with Gasteiger partial charge in [-0.1, -0.05) is 52.7 Å². The van der Waals surface area contributed by atoms with Gasteiger partial charge in [-0.05, 0) is 24.3 Å². The van der Waals surface area contributed by atoms with E-state index in [0.717, 1.165) is 20.3 Å². The molecule has 0 atom stereocenters. The fourth-order valence-electron chi connectivity index (χ4n) is 2.45. The van der Waals surface area contributed by atoms with E-state index in [9.17, 15) is 9.59 Å². The number of para-hydroxylation sites is 1. The first-order valence-electron chi connectivity index (χ1n) is 7.71. The van der Waals surface area contributed by atoms with E-state index in [1.54, 1.807) is 18.2 Å². The molecule has 0 saturated carbocycles. The van der Waals surface area contributed by atoms with Gasteiger partial charge >= 0.3 is 5.97 Å².